The van der Waals surface area contributed by atoms with Crippen molar-refractivity contribution in [1.29, 1.82) is 0 Å². The van der Waals surface area contributed by atoms with Gasteiger partial charge < -0.3 is 9.88 Å². The quantitative estimate of drug-likeness (QED) is 0.811. The number of hydrogen-bond acceptors (Lipinski definition) is 4. The second kappa shape index (κ2) is 4.93. The van der Waals surface area contributed by atoms with Gasteiger partial charge in [0.25, 0.3) is 5.91 Å². The monoisotopic (exact) mass is 286 g/mol. The minimum atomic E-state index is -3.22. The maximum Gasteiger partial charge on any atom is 0.287 e. The SMILES string of the molecule is CCNC(=O)c1nc2c(n1C)CCN(S(C)(=O)=O)C2. The van der Waals surface area contributed by atoms with Gasteiger partial charge in [-0.05, 0) is 6.92 Å². The molecule has 0 unspecified atom stereocenters. The number of rotatable bonds is 3. The van der Waals surface area contributed by atoms with Crippen LogP contribution in [-0.2, 0) is 30.0 Å². The summed E-state index contributed by atoms with van der Waals surface area (Å²) in [5.74, 6) is 0.104. The predicted molar refractivity (Wildman–Crippen MR) is 70.2 cm³/mol. The van der Waals surface area contributed by atoms with Crippen molar-refractivity contribution in [2.24, 2.45) is 7.05 Å². The first-order valence-electron chi connectivity index (χ1n) is 6.12. The van der Waals surface area contributed by atoms with E-state index in [1.54, 1.807) is 11.6 Å². The summed E-state index contributed by atoms with van der Waals surface area (Å²) in [4.78, 5) is 16.1. The summed E-state index contributed by atoms with van der Waals surface area (Å²) < 4.78 is 26.2. The summed E-state index contributed by atoms with van der Waals surface area (Å²) in [5.41, 5.74) is 1.60. The number of amides is 1. The second-order valence-corrected chi connectivity index (χ2v) is 6.58. The maximum absolute atomic E-state index is 11.8. The Hall–Kier alpha value is -1.41. The third kappa shape index (κ3) is 2.64. The minimum Gasteiger partial charge on any atom is -0.350 e. The minimum absolute atomic E-state index is 0.231. The second-order valence-electron chi connectivity index (χ2n) is 4.59. The van der Waals surface area contributed by atoms with Crippen molar-refractivity contribution in [2.45, 2.75) is 19.9 Å². The fourth-order valence-electron chi connectivity index (χ4n) is 2.23. The van der Waals surface area contributed by atoms with Crippen LogP contribution in [0.25, 0.3) is 0 Å². The van der Waals surface area contributed by atoms with Gasteiger partial charge in [-0.15, -0.1) is 0 Å². The molecule has 1 aromatic rings. The van der Waals surface area contributed by atoms with Crippen molar-refractivity contribution in [3.63, 3.8) is 0 Å². The average molecular weight is 286 g/mol. The van der Waals surface area contributed by atoms with Gasteiger partial charge >= 0.3 is 0 Å². The zero-order valence-electron chi connectivity index (χ0n) is 11.3. The molecule has 2 rings (SSSR count). The molecule has 0 radical (unpaired) electrons. The number of nitrogens with one attached hydrogen (secondary N) is 1. The molecular formula is C11H18N4O3S. The van der Waals surface area contributed by atoms with Crippen LogP contribution in [0.15, 0.2) is 0 Å². The normalized spacial score (nSPS) is 16.2. The van der Waals surface area contributed by atoms with E-state index < -0.39 is 10.0 Å². The molecule has 1 aromatic heterocycles. The lowest BCUT2D eigenvalue weighted by Gasteiger charge is -2.24. The third-order valence-corrected chi connectivity index (χ3v) is 4.48. The summed E-state index contributed by atoms with van der Waals surface area (Å²) >= 11 is 0. The summed E-state index contributed by atoms with van der Waals surface area (Å²) in [7, 11) is -1.43. The van der Waals surface area contributed by atoms with Gasteiger partial charge in [0.1, 0.15) is 0 Å². The van der Waals surface area contributed by atoms with Crippen LogP contribution in [0.5, 0.6) is 0 Å². The molecule has 0 saturated heterocycles. The smallest absolute Gasteiger partial charge is 0.287 e. The first-order valence-corrected chi connectivity index (χ1v) is 7.97. The third-order valence-electron chi connectivity index (χ3n) is 3.23. The molecule has 106 valence electrons. The number of fused-ring (bicyclic) bond motifs is 1. The van der Waals surface area contributed by atoms with Gasteiger partial charge in [0.2, 0.25) is 10.0 Å². The van der Waals surface area contributed by atoms with Crippen LogP contribution in [0.1, 0.15) is 28.9 Å². The van der Waals surface area contributed by atoms with Crippen LogP contribution in [-0.4, -0.2) is 47.5 Å². The molecule has 1 aliphatic heterocycles. The highest BCUT2D eigenvalue weighted by atomic mass is 32.2. The number of carbonyl (C=O) groups excluding carboxylic acids is 1. The summed E-state index contributed by atoms with van der Waals surface area (Å²) in [5, 5.41) is 2.70. The Labute approximate surface area is 112 Å². The zero-order valence-corrected chi connectivity index (χ0v) is 12.1. The van der Waals surface area contributed by atoms with E-state index in [4.69, 9.17) is 0 Å². The molecule has 19 heavy (non-hydrogen) atoms. The lowest BCUT2D eigenvalue weighted by molar-refractivity contribution is 0.0942. The molecule has 1 amide bonds. The molecule has 7 nitrogen and oxygen atoms in total. The van der Waals surface area contributed by atoms with Gasteiger partial charge in [0.15, 0.2) is 5.82 Å². The van der Waals surface area contributed by atoms with Crippen LogP contribution in [0.2, 0.25) is 0 Å². The fraction of sp³-hybridized carbons (Fsp3) is 0.636. The van der Waals surface area contributed by atoms with Gasteiger partial charge in [0.05, 0.1) is 18.5 Å². The van der Waals surface area contributed by atoms with Crippen LogP contribution >= 0.6 is 0 Å². The Morgan fingerprint density at radius 2 is 2.16 bits per heavy atom. The molecule has 0 aromatic carbocycles. The number of hydrogen-bond donors (Lipinski definition) is 1. The van der Waals surface area contributed by atoms with Gasteiger partial charge in [-0.3, -0.25) is 4.79 Å². The van der Waals surface area contributed by atoms with Crippen molar-refractivity contribution in [3.05, 3.63) is 17.2 Å². The zero-order chi connectivity index (χ0) is 14.2. The van der Waals surface area contributed by atoms with E-state index in [1.165, 1.54) is 10.6 Å². The highest BCUT2D eigenvalue weighted by Gasteiger charge is 2.28. The first-order chi connectivity index (χ1) is 8.84. The molecule has 1 N–H and O–H groups in total. The number of carbonyl (C=O) groups is 1. The van der Waals surface area contributed by atoms with E-state index in [0.29, 0.717) is 31.0 Å². The molecule has 0 bridgehead atoms. The van der Waals surface area contributed by atoms with Crippen molar-refractivity contribution < 1.29 is 13.2 Å². The van der Waals surface area contributed by atoms with Crippen LogP contribution in [0.4, 0.5) is 0 Å². The summed E-state index contributed by atoms with van der Waals surface area (Å²) in [6, 6.07) is 0. The fourth-order valence-corrected chi connectivity index (χ4v) is 3.01. The maximum atomic E-state index is 11.8. The van der Waals surface area contributed by atoms with Gasteiger partial charge in [0, 0.05) is 32.3 Å². The molecular weight excluding hydrogens is 268 g/mol. The highest BCUT2D eigenvalue weighted by Crippen LogP contribution is 2.21. The lowest BCUT2D eigenvalue weighted by Crippen LogP contribution is -2.35. The Balaban J connectivity index is 2.32. The van der Waals surface area contributed by atoms with Gasteiger partial charge in [-0.2, -0.15) is 4.31 Å². The number of aromatic nitrogens is 2. The number of sulfonamides is 1. The Bertz CT molecular complexity index is 606. The molecule has 0 fully saturated rings. The molecule has 0 atom stereocenters. The molecule has 8 heteroatoms. The van der Waals surface area contributed by atoms with Crippen molar-refractivity contribution in [1.82, 2.24) is 19.2 Å². The van der Waals surface area contributed by atoms with Gasteiger partial charge in [-0.25, -0.2) is 13.4 Å². The molecule has 2 heterocycles. The largest absolute Gasteiger partial charge is 0.350 e. The van der Waals surface area contributed by atoms with Crippen molar-refractivity contribution >= 4 is 15.9 Å². The molecule has 1 aliphatic rings. The van der Waals surface area contributed by atoms with E-state index in [9.17, 15) is 13.2 Å². The van der Waals surface area contributed by atoms with Gasteiger partial charge in [-0.1, -0.05) is 0 Å². The van der Waals surface area contributed by atoms with Crippen LogP contribution in [0.3, 0.4) is 0 Å². The Kier molecular flexibility index (Phi) is 3.64. The molecule has 0 aliphatic carbocycles. The van der Waals surface area contributed by atoms with Crippen molar-refractivity contribution in [2.75, 3.05) is 19.3 Å². The summed E-state index contributed by atoms with van der Waals surface area (Å²) in [6.45, 7) is 3.04. The standard InChI is InChI=1S/C11H18N4O3S/c1-4-12-11(16)10-13-8-7-15(19(3,17)18)6-5-9(8)14(10)2/h4-7H2,1-3H3,(H,12,16). The van der Waals surface area contributed by atoms with E-state index in [0.717, 1.165) is 5.69 Å². The molecule has 0 saturated carbocycles. The number of nitrogens with zero attached hydrogens (tertiary/aromatic N) is 3. The van der Waals surface area contributed by atoms with Crippen LogP contribution in [0, 0.1) is 0 Å². The Morgan fingerprint density at radius 3 is 2.74 bits per heavy atom. The van der Waals surface area contributed by atoms with E-state index >= 15 is 0 Å². The Morgan fingerprint density at radius 1 is 1.47 bits per heavy atom. The first kappa shape index (κ1) is 14.0. The highest BCUT2D eigenvalue weighted by molar-refractivity contribution is 7.88. The van der Waals surface area contributed by atoms with E-state index in [2.05, 4.69) is 10.3 Å². The lowest BCUT2D eigenvalue weighted by atomic mass is 10.2. The summed E-state index contributed by atoms with van der Waals surface area (Å²) in [6.07, 6.45) is 1.76. The van der Waals surface area contributed by atoms with Crippen LogP contribution < -0.4 is 5.32 Å². The average Bonchev–Trinajstić information content (AvgIpc) is 2.66. The predicted octanol–water partition coefficient (Wildman–Crippen LogP) is -0.512. The van der Waals surface area contributed by atoms with E-state index in [-0.39, 0.29) is 12.5 Å². The topological polar surface area (TPSA) is 84.3 Å². The number of imidazole rings is 1. The van der Waals surface area contributed by atoms with Crippen molar-refractivity contribution in [3.8, 4) is 0 Å². The molecule has 0 spiro atoms. The van der Waals surface area contributed by atoms with E-state index in [1.807, 2.05) is 6.92 Å².